The molecular weight excluding hydrogens is 473 g/mol. The Labute approximate surface area is 190 Å². The third-order valence-electron chi connectivity index (χ3n) is 4.22. The van der Waals surface area contributed by atoms with Gasteiger partial charge in [-0.05, 0) is 0 Å². The van der Waals surface area contributed by atoms with Crippen molar-refractivity contribution in [1.82, 2.24) is 5.32 Å². The molecule has 4 nitrogen and oxygen atoms in total. The Bertz CT molecular complexity index is 1170. The second kappa shape index (κ2) is 9.65. The fourth-order valence-electron chi connectivity index (χ4n) is 2.89. The van der Waals surface area contributed by atoms with Crippen LogP contribution in [0.25, 0.3) is 4.47 Å². The molecule has 160 valence electrons. The van der Waals surface area contributed by atoms with Crippen LogP contribution in [0.5, 0.6) is 0 Å². The van der Waals surface area contributed by atoms with Crippen LogP contribution in [0.4, 0.5) is 0 Å². The van der Waals surface area contributed by atoms with Crippen LogP contribution in [-0.2, 0) is 14.6 Å². The van der Waals surface area contributed by atoms with Crippen molar-refractivity contribution < 1.29 is 13.2 Å². The molecule has 3 aromatic rings. The summed E-state index contributed by atoms with van der Waals surface area (Å²) in [5.74, 6) is -0.590. The van der Waals surface area contributed by atoms with Crippen LogP contribution in [0.1, 0.15) is 26.3 Å². The molecule has 0 heterocycles. The summed E-state index contributed by atoms with van der Waals surface area (Å²) in [4.78, 5) is 13.4. The minimum absolute atomic E-state index is 0.103. The average molecular weight is 499 g/mol. The molecule has 0 aliphatic rings. The molecule has 0 saturated heterocycles. The van der Waals surface area contributed by atoms with Crippen LogP contribution in [-0.4, -0.2) is 34.8 Å². The fourth-order valence-corrected chi connectivity index (χ4v) is 7.24. The monoisotopic (exact) mass is 499 g/mol. The maximum atomic E-state index is 13.8. The van der Waals surface area contributed by atoms with Crippen LogP contribution < -0.4 is 9.78 Å². The summed E-state index contributed by atoms with van der Waals surface area (Å²) in [6.07, 6.45) is 0. The summed E-state index contributed by atoms with van der Waals surface area (Å²) >= 11 is -0.408. The van der Waals surface area contributed by atoms with E-state index >= 15 is 0 Å². The molecule has 1 N–H and O–H groups in total. The Morgan fingerprint density at radius 3 is 1.77 bits per heavy atom. The van der Waals surface area contributed by atoms with Gasteiger partial charge in [0.2, 0.25) is 0 Å². The van der Waals surface area contributed by atoms with E-state index in [4.69, 9.17) is 0 Å². The summed E-state index contributed by atoms with van der Waals surface area (Å²) in [6, 6.07) is 27.1. The van der Waals surface area contributed by atoms with Gasteiger partial charge in [-0.25, -0.2) is 0 Å². The normalized spacial score (nSPS) is 12.7. The van der Waals surface area contributed by atoms with Gasteiger partial charge in [0.05, 0.1) is 0 Å². The minimum atomic E-state index is -4.06. The van der Waals surface area contributed by atoms with E-state index in [2.05, 4.69) is 5.32 Å². The number of nitrogens with one attached hydrogen (secondary N) is 1. The van der Waals surface area contributed by atoms with Crippen LogP contribution in [0.2, 0.25) is 0 Å². The molecule has 0 aromatic heterocycles. The number of hydrogen-bond acceptors (Lipinski definition) is 3. The summed E-state index contributed by atoms with van der Waals surface area (Å²) in [5, 5.41) is 2.87. The first-order valence-corrected chi connectivity index (χ1v) is 13.0. The van der Waals surface area contributed by atoms with E-state index in [0.717, 1.165) is 10.0 Å². The first-order valence-electron chi connectivity index (χ1n) is 9.84. The molecule has 0 fully saturated rings. The van der Waals surface area contributed by atoms with Gasteiger partial charge in [0, 0.05) is 0 Å². The predicted octanol–water partition coefficient (Wildman–Crippen LogP) is 3.77. The molecule has 0 unspecified atom stereocenters. The third-order valence-corrected chi connectivity index (χ3v) is 8.75. The zero-order chi connectivity index (χ0) is 22.5. The van der Waals surface area contributed by atoms with Crippen molar-refractivity contribution in [2.45, 2.75) is 31.2 Å². The number of carbonyl (C=O) groups is 1. The van der Waals surface area contributed by atoms with Crippen LogP contribution in [0.3, 0.4) is 0 Å². The Balaban J connectivity index is 2.30. The quantitative estimate of drug-likeness (QED) is 0.416. The zero-order valence-electron chi connectivity index (χ0n) is 17.7. The first kappa shape index (κ1) is 23.0. The summed E-state index contributed by atoms with van der Waals surface area (Å²) in [5.41, 5.74) is 0.140. The van der Waals surface area contributed by atoms with E-state index in [-0.39, 0.29) is 9.80 Å². The van der Waals surface area contributed by atoms with E-state index in [1.165, 1.54) is 12.1 Å². The molecule has 0 aliphatic carbocycles. The van der Waals surface area contributed by atoms with E-state index in [1.54, 1.807) is 18.2 Å². The number of benzene rings is 3. The molecule has 0 bridgehead atoms. The van der Waals surface area contributed by atoms with Crippen LogP contribution >= 0.6 is 0 Å². The molecule has 0 spiro atoms. The second-order valence-corrected chi connectivity index (χ2v) is 12.1. The van der Waals surface area contributed by atoms with Gasteiger partial charge >= 0.3 is 191 Å². The molecule has 31 heavy (non-hydrogen) atoms. The Kier molecular flexibility index (Phi) is 7.16. The van der Waals surface area contributed by atoms with Gasteiger partial charge in [-0.1, -0.05) is 0 Å². The van der Waals surface area contributed by atoms with Crippen LogP contribution in [0.15, 0.2) is 101 Å². The van der Waals surface area contributed by atoms with E-state index in [0.29, 0.717) is 4.47 Å². The third kappa shape index (κ3) is 5.95. The molecule has 0 aliphatic heterocycles. The fraction of sp³-hybridized carbons (Fsp3) is 0.160. The number of amides is 1. The number of carbonyl (C=O) groups excluding carboxylic acids is 1. The Morgan fingerprint density at radius 2 is 1.26 bits per heavy atom. The number of rotatable bonds is 6. The molecule has 3 rings (SSSR count). The van der Waals surface area contributed by atoms with Gasteiger partial charge in [-0.2, -0.15) is 0 Å². The van der Waals surface area contributed by atoms with Gasteiger partial charge < -0.3 is 0 Å². The topological polar surface area (TPSA) is 63.2 Å². The van der Waals surface area contributed by atoms with Crippen molar-refractivity contribution in [3.63, 3.8) is 0 Å². The van der Waals surface area contributed by atoms with Gasteiger partial charge in [0.25, 0.3) is 0 Å². The maximum absolute atomic E-state index is 13.8. The van der Waals surface area contributed by atoms with Crippen molar-refractivity contribution in [3.05, 3.63) is 101 Å². The SMILES string of the molecule is CC(C)(C)NC(=O)/C(=C(/[Se]c1ccccc1)c1ccccc1)S(=O)(=O)c1ccccc1. The molecule has 0 atom stereocenters. The Hall–Kier alpha value is -2.66. The predicted molar refractivity (Wildman–Crippen MR) is 127 cm³/mol. The average Bonchev–Trinajstić information content (AvgIpc) is 2.74. The van der Waals surface area contributed by atoms with Crippen molar-refractivity contribution in [1.29, 1.82) is 0 Å². The molecule has 1 amide bonds. The van der Waals surface area contributed by atoms with E-state index < -0.39 is 36.2 Å². The molecule has 0 saturated carbocycles. The summed E-state index contributed by atoms with van der Waals surface area (Å²) in [6.45, 7) is 5.51. The van der Waals surface area contributed by atoms with Gasteiger partial charge in [-0.15, -0.1) is 0 Å². The second-order valence-electron chi connectivity index (χ2n) is 7.96. The van der Waals surface area contributed by atoms with Crippen molar-refractivity contribution in [2.24, 2.45) is 0 Å². The van der Waals surface area contributed by atoms with Crippen molar-refractivity contribution >= 4 is 39.6 Å². The van der Waals surface area contributed by atoms with Crippen molar-refractivity contribution in [2.75, 3.05) is 0 Å². The first-order chi connectivity index (χ1) is 14.7. The van der Waals surface area contributed by atoms with E-state index in [9.17, 15) is 13.2 Å². The Morgan fingerprint density at radius 1 is 0.774 bits per heavy atom. The number of hydrogen-bond donors (Lipinski definition) is 1. The molecule has 6 heteroatoms. The van der Waals surface area contributed by atoms with E-state index in [1.807, 2.05) is 81.4 Å². The summed E-state index contributed by atoms with van der Waals surface area (Å²) in [7, 11) is -4.06. The van der Waals surface area contributed by atoms with Crippen LogP contribution in [0, 0.1) is 0 Å². The van der Waals surface area contributed by atoms with Gasteiger partial charge in [-0.3, -0.25) is 0 Å². The summed E-state index contributed by atoms with van der Waals surface area (Å²) < 4.78 is 29.0. The van der Waals surface area contributed by atoms with Gasteiger partial charge in [0.1, 0.15) is 0 Å². The standard InChI is InChI=1S/C25H25NO3SSe/c1-25(2,3)26-24(27)22(30(28,29)20-15-9-5-10-16-20)23(19-13-7-4-8-14-19)31-21-17-11-6-12-18-21/h4-18H,1-3H3,(H,26,27)/b23-22-. The van der Waals surface area contributed by atoms with Crippen molar-refractivity contribution in [3.8, 4) is 0 Å². The molecule has 0 radical (unpaired) electrons. The molecular formula is C25H25NO3SSe. The molecule has 3 aromatic carbocycles. The van der Waals surface area contributed by atoms with Gasteiger partial charge in [0.15, 0.2) is 0 Å². The zero-order valence-corrected chi connectivity index (χ0v) is 20.2. The number of sulfone groups is 1.